The van der Waals surface area contributed by atoms with Gasteiger partial charge >= 0.3 is 12.1 Å². The molecule has 1 aromatic heterocycles. The average Bonchev–Trinajstić information content (AvgIpc) is 2.59. The second kappa shape index (κ2) is 4.86. The van der Waals surface area contributed by atoms with Gasteiger partial charge in [-0.25, -0.2) is 9.59 Å². The second-order valence-electron chi connectivity index (χ2n) is 4.34. The van der Waals surface area contributed by atoms with E-state index in [1.54, 1.807) is 20.8 Å². The molecule has 0 spiro atoms. The van der Waals surface area contributed by atoms with Crippen molar-refractivity contribution in [3.63, 3.8) is 0 Å². The largest absolute Gasteiger partial charge is 0.478 e. The molecule has 1 amide bonds. The van der Waals surface area contributed by atoms with Gasteiger partial charge in [-0.3, -0.25) is 0 Å². The van der Waals surface area contributed by atoms with Gasteiger partial charge in [-0.15, -0.1) is 0 Å². The van der Waals surface area contributed by atoms with Gasteiger partial charge in [-0.05, 0) is 20.8 Å². The summed E-state index contributed by atoms with van der Waals surface area (Å²) in [5, 5.41) is 14.6. The monoisotopic (exact) mass is 242 g/mol. The molecule has 0 aliphatic rings. The maximum Gasteiger partial charge on any atom is 0.407 e. The quantitative estimate of drug-likeness (QED) is 0.830. The van der Waals surface area contributed by atoms with Crippen molar-refractivity contribution in [3.8, 4) is 0 Å². The lowest BCUT2D eigenvalue weighted by atomic mass is 10.2. The van der Waals surface area contributed by atoms with E-state index in [2.05, 4.69) is 15.0 Å². The number of rotatable bonds is 3. The molecule has 2 N–H and O–H groups in total. The van der Waals surface area contributed by atoms with E-state index in [-0.39, 0.29) is 17.8 Å². The number of aromatic carboxylic acids is 1. The normalized spacial score (nSPS) is 11.0. The summed E-state index contributed by atoms with van der Waals surface area (Å²) in [6.45, 7) is 5.12. The zero-order valence-electron chi connectivity index (χ0n) is 9.81. The summed E-state index contributed by atoms with van der Waals surface area (Å²) >= 11 is 0. The number of nitrogens with one attached hydrogen (secondary N) is 1. The van der Waals surface area contributed by atoms with Crippen LogP contribution in [0.1, 0.15) is 36.8 Å². The Hall–Kier alpha value is -2.05. The van der Waals surface area contributed by atoms with Crippen molar-refractivity contribution >= 4 is 12.1 Å². The van der Waals surface area contributed by atoms with Gasteiger partial charge in [0.1, 0.15) is 23.1 Å². The lowest BCUT2D eigenvalue weighted by Crippen LogP contribution is -2.32. The topological polar surface area (TPSA) is 102 Å². The molecule has 0 fully saturated rings. The molecule has 0 unspecified atom stereocenters. The standard InChI is InChI=1S/C10H14N2O5/c1-10(2,3)17-9(15)11-4-7-6(8(13)14)5-16-12-7/h5H,4H2,1-3H3,(H,11,15)(H,13,14). The minimum atomic E-state index is -1.16. The van der Waals surface area contributed by atoms with Gasteiger partial charge in [0.2, 0.25) is 0 Å². The van der Waals surface area contributed by atoms with Crippen LogP contribution in [0.25, 0.3) is 0 Å². The Labute approximate surface area is 97.7 Å². The van der Waals surface area contributed by atoms with Gasteiger partial charge in [0.05, 0.1) is 6.54 Å². The van der Waals surface area contributed by atoms with Crippen LogP contribution in [0.3, 0.4) is 0 Å². The van der Waals surface area contributed by atoms with Crippen LogP contribution in [-0.4, -0.2) is 27.9 Å². The maximum atomic E-state index is 11.3. The lowest BCUT2D eigenvalue weighted by molar-refractivity contribution is 0.0520. The molecule has 0 aromatic carbocycles. The summed E-state index contributed by atoms with van der Waals surface area (Å²) in [6.07, 6.45) is 0.367. The fourth-order valence-electron chi connectivity index (χ4n) is 1.03. The summed E-state index contributed by atoms with van der Waals surface area (Å²) in [4.78, 5) is 22.0. The van der Waals surface area contributed by atoms with Crippen molar-refractivity contribution < 1.29 is 24.0 Å². The SMILES string of the molecule is CC(C)(C)OC(=O)NCc1nocc1C(=O)O. The second-order valence-corrected chi connectivity index (χ2v) is 4.34. The van der Waals surface area contributed by atoms with E-state index in [1.807, 2.05) is 0 Å². The van der Waals surface area contributed by atoms with Crippen molar-refractivity contribution in [1.29, 1.82) is 0 Å². The number of hydrogen-bond donors (Lipinski definition) is 2. The molecule has 0 atom stereocenters. The summed E-state index contributed by atoms with van der Waals surface area (Å²) in [5.41, 5.74) is -0.548. The Morgan fingerprint density at radius 3 is 2.71 bits per heavy atom. The van der Waals surface area contributed by atoms with Gasteiger partial charge in [-0.2, -0.15) is 0 Å². The molecule has 0 radical (unpaired) electrons. The first kappa shape index (κ1) is 13.0. The van der Waals surface area contributed by atoms with Crippen LogP contribution in [0.4, 0.5) is 4.79 Å². The first-order valence-electron chi connectivity index (χ1n) is 4.93. The summed E-state index contributed by atoms with van der Waals surface area (Å²) in [5.74, 6) is -1.16. The number of amides is 1. The van der Waals surface area contributed by atoms with Crippen molar-refractivity contribution in [2.45, 2.75) is 32.9 Å². The Morgan fingerprint density at radius 1 is 1.53 bits per heavy atom. The highest BCUT2D eigenvalue weighted by atomic mass is 16.6. The molecule has 1 rings (SSSR count). The first-order chi connectivity index (χ1) is 7.79. The number of ether oxygens (including phenoxy) is 1. The van der Waals surface area contributed by atoms with Crippen LogP contribution in [0.5, 0.6) is 0 Å². The molecule has 1 aromatic rings. The molecule has 0 aliphatic heterocycles. The van der Waals surface area contributed by atoms with Crippen molar-refractivity contribution in [1.82, 2.24) is 10.5 Å². The fourth-order valence-corrected chi connectivity index (χ4v) is 1.03. The first-order valence-corrected chi connectivity index (χ1v) is 4.93. The third kappa shape index (κ3) is 4.13. The summed E-state index contributed by atoms with van der Waals surface area (Å²) in [6, 6.07) is 0. The van der Waals surface area contributed by atoms with Gasteiger partial charge in [0.25, 0.3) is 0 Å². The third-order valence-corrected chi connectivity index (χ3v) is 1.67. The predicted octanol–water partition coefficient (Wildman–Crippen LogP) is 1.40. The molecule has 7 heteroatoms. The average molecular weight is 242 g/mol. The van der Waals surface area contributed by atoms with Crippen LogP contribution < -0.4 is 5.32 Å². The Morgan fingerprint density at radius 2 is 2.18 bits per heavy atom. The Kier molecular flexibility index (Phi) is 3.72. The van der Waals surface area contributed by atoms with Gasteiger partial charge in [0, 0.05) is 0 Å². The molecule has 7 nitrogen and oxygen atoms in total. The number of aromatic nitrogens is 1. The highest BCUT2D eigenvalue weighted by molar-refractivity contribution is 5.88. The zero-order chi connectivity index (χ0) is 13.1. The van der Waals surface area contributed by atoms with Crippen LogP contribution in [0.2, 0.25) is 0 Å². The van der Waals surface area contributed by atoms with Crippen molar-refractivity contribution in [2.24, 2.45) is 0 Å². The van der Waals surface area contributed by atoms with Gasteiger partial charge < -0.3 is 19.7 Å². The number of carboxylic acids is 1. The van der Waals surface area contributed by atoms with E-state index >= 15 is 0 Å². The Bertz CT molecular complexity index is 419. The number of carboxylic acid groups (broad SMARTS) is 1. The maximum absolute atomic E-state index is 11.3. The molecule has 0 aliphatic carbocycles. The van der Waals surface area contributed by atoms with Crippen molar-refractivity contribution in [2.75, 3.05) is 0 Å². The number of nitrogens with zero attached hydrogens (tertiary/aromatic N) is 1. The van der Waals surface area contributed by atoms with Crippen molar-refractivity contribution in [3.05, 3.63) is 17.5 Å². The minimum absolute atomic E-state index is 0.0625. The van der Waals surface area contributed by atoms with Crippen LogP contribution in [-0.2, 0) is 11.3 Å². The molecule has 17 heavy (non-hydrogen) atoms. The summed E-state index contributed by atoms with van der Waals surface area (Å²) < 4.78 is 9.50. The van der Waals surface area contributed by atoms with Crippen LogP contribution >= 0.6 is 0 Å². The van der Waals surface area contributed by atoms with E-state index in [9.17, 15) is 9.59 Å². The molecule has 94 valence electrons. The minimum Gasteiger partial charge on any atom is -0.478 e. The molecule has 0 bridgehead atoms. The molecule has 1 heterocycles. The molecule has 0 saturated carbocycles. The molecular formula is C10H14N2O5. The Balaban J connectivity index is 2.53. The predicted molar refractivity (Wildman–Crippen MR) is 56.5 cm³/mol. The van der Waals surface area contributed by atoms with E-state index in [0.717, 1.165) is 6.26 Å². The number of carbonyl (C=O) groups excluding carboxylic acids is 1. The molecular weight excluding hydrogens is 228 g/mol. The fraction of sp³-hybridized carbons (Fsp3) is 0.500. The molecule has 0 saturated heterocycles. The number of carbonyl (C=O) groups is 2. The third-order valence-electron chi connectivity index (χ3n) is 1.67. The van der Waals surface area contributed by atoms with Crippen LogP contribution in [0, 0.1) is 0 Å². The van der Waals surface area contributed by atoms with Gasteiger partial charge in [-0.1, -0.05) is 5.16 Å². The highest BCUT2D eigenvalue weighted by Gasteiger charge is 2.18. The van der Waals surface area contributed by atoms with E-state index < -0.39 is 17.7 Å². The lowest BCUT2D eigenvalue weighted by Gasteiger charge is -2.19. The number of hydrogen-bond acceptors (Lipinski definition) is 5. The smallest absolute Gasteiger partial charge is 0.407 e. The number of alkyl carbamates (subject to hydrolysis) is 1. The zero-order valence-corrected chi connectivity index (χ0v) is 9.81. The van der Waals surface area contributed by atoms with Crippen LogP contribution in [0.15, 0.2) is 10.8 Å². The van der Waals surface area contributed by atoms with Gasteiger partial charge in [0.15, 0.2) is 0 Å². The van der Waals surface area contributed by atoms with E-state index in [0.29, 0.717) is 0 Å². The van der Waals surface area contributed by atoms with E-state index in [4.69, 9.17) is 9.84 Å². The highest BCUT2D eigenvalue weighted by Crippen LogP contribution is 2.08. The summed E-state index contributed by atoms with van der Waals surface area (Å²) in [7, 11) is 0. The van der Waals surface area contributed by atoms with E-state index in [1.165, 1.54) is 0 Å².